The van der Waals surface area contributed by atoms with E-state index in [9.17, 15) is 18.8 Å². The summed E-state index contributed by atoms with van der Waals surface area (Å²) in [7, 11) is 0. The number of ketones is 1. The Balaban J connectivity index is 2.41. The molecule has 1 aliphatic heterocycles. The van der Waals surface area contributed by atoms with Crippen LogP contribution in [-0.4, -0.2) is 30.7 Å². The number of anilines is 1. The number of fused-ring (bicyclic) bond motifs is 1. The fraction of sp³-hybridized carbons (Fsp3) is 0.308. The minimum absolute atomic E-state index is 0.0202. The lowest BCUT2D eigenvalue weighted by Crippen LogP contribution is -2.40. The third-order valence-corrected chi connectivity index (χ3v) is 2.84. The molecule has 1 aliphatic rings. The molecule has 6 heteroatoms. The highest BCUT2D eigenvalue weighted by Gasteiger charge is 2.39. The van der Waals surface area contributed by atoms with Crippen LogP contribution in [0.1, 0.15) is 22.8 Å². The molecular formula is C13H13FN2O3. The molecule has 0 aliphatic carbocycles. The number of Topliss-reactive ketones (excluding diaryl/α,β-unsaturated/α-hetero) is 1. The smallest absolute Gasteiger partial charge is 0.300 e. The minimum atomic E-state index is -0.870. The molecule has 2 rings (SSSR count). The van der Waals surface area contributed by atoms with Crippen LogP contribution in [0.3, 0.4) is 0 Å². The average Bonchev–Trinajstić information content (AvgIpc) is 2.55. The third kappa shape index (κ3) is 2.21. The molecule has 0 saturated heterocycles. The van der Waals surface area contributed by atoms with Crippen molar-refractivity contribution in [3.05, 3.63) is 29.1 Å². The maximum atomic E-state index is 13.9. The van der Waals surface area contributed by atoms with Gasteiger partial charge in [0.2, 0.25) is 5.91 Å². The van der Waals surface area contributed by atoms with Crippen LogP contribution < -0.4 is 10.2 Å². The van der Waals surface area contributed by atoms with Gasteiger partial charge in [-0.3, -0.25) is 19.3 Å². The zero-order valence-electron chi connectivity index (χ0n) is 10.6. The number of nitrogens with one attached hydrogen (secondary N) is 1. The minimum Gasteiger partial charge on any atom is -0.355 e. The molecule has 0 bridgehead atoms. The second-order valence-electron chi connectivity index (χ2n) is 4.32. The van der Waals surface area contributed by atoms with Crippen molar-refractivity contribution in [3.8, 4) is 0 Å². The van der Waals surface area contributed by atoms with Gasteiger partial charge >= 0.3 is 0 Å². The quantitative estimate of drug-likeness (QED) is 0.821. The Bertz CT molecular complexity index is 583. The van der Waals surface area contributed by atoms with E-state index >= 15 is 0 Å². The molecule has 0 spiro atoms. The second-order valence-corrected chi connectivity index (χ2v) is 4.32. The molecule has 1 heterocycles. The Kier molecular flexibility index (Phi) is 3.33. The molecule has 19 heavy (non-hydrogen) atoms. The Labute approximate surface area is 109 Å². The van der Waals surface area contributed by atoms with E-state index in [1.165, 1.54) is 12.1 Å². The number of rotatable bonds is 3. The first-order chi connectivity index (χ1) is 8.95. The molecule has 1 N–H and O–H groups in total. The number of aryl methyl sites for hydroxylation is 1. The van der Waals surface area contributed by atoms with Crippen molar-refractivity contribution in [2.24, 2.45) is 0 Å². The van der Waals surface area contributed by atoms with Crippen molar-refractivity contribution >= 4 is 23.3 Å². The average molecular weight is 264 g/mol. The van der Waals surface area contributed by atoms with E-state index in [2.05, 4.69) is 5.32 Å². The van der Waals surface area contributed by atoms with Crippen LogP contribution in [0.15, 0.2) is 12.1 Å². The number of amides is 2. The summed E-state index contributed by atoms with van der Waals surface area (Å²) in [5.74, 6) is -2.75. The van der Waals surface area contributed by atoms with E-state index in [-0.39, 0.29) is 17.8 Å². The lowest BCUT2D eigenvalue weighted by atomic mass is 10.1. The van der Waals surface area contributed by atoms with Crippen molar-refractivity contribution < 1.29 is 18.8 Å². The zero-order chi connectivity index (χ0) is 14.2. The fourth-order valence-electron chi connectivity index (χ4n) is 2.07. The maximum Gasteiger partial charge on any atom is 0.300 e. The van der Waals surface area contributed by atoms with E-state index in [0.717, 1.165) is 4.90 Å². The molecule has 1 aromatic rings. The number of carbonyl (C=O) groups excluding carboxylic acids is 3. The van der Waals surface area contributed by atoms with E-state index in [1.54, 1.807) is 13.8 Å². The summed E-state index contributed by atoms with van der Waals surface area (Å²) in [6.45, 7) is 3.41. The first-order valence-corrected chi connectivity index (χ1v) is 5.88. The number of benzene rings is 1. The number of hydrogen-bond acceptors (Lipinski definition) is 3. The van der Waals surface area contributed by atoms with E-state index in [0.29, 0.717) is 12.1 Å². The summed E-state index contributed by atoms with van der Waals surface area (Å²) >= 11 is 0. The molecule has 0 radical (unpaired) electrons. The molecule has 2 amide bonds. The molecule has 0 fully saturated rings. The normalized spacial score (nSPS) is 13.7. The van der Waals surface area contributed by atoms with E-state index in [4.69, 9.17) is 0 Å². The van der Waals surface area contributed by atoms with Gasteiger partial charge in [-0.1, -0.05) is 0 Å². The Morgan fingerprint density at radius 3 is 2.68 bits per heavy atom. The van der Waals surface area contributed by atoms with Gasteiger partial charge in [0, 0.05) is 6.54 Å². The third-order valence-electron chi connectivity index (χ3n) is 2.84. The van der Waals surface area contributed by atoms with Gasteiger partial charge < -0.3 is 5.32 Å². The van der Waals surface area contributed by atoms with Crippen LogP contribution in [-0.2, 0) is 9.59 Å². The first-order valence-electron chi connectivity index (χ1n) is 5.88. The van der Waals surface area contributed by atoms with E-state index < -0.39 is 23.4 Å². The fourth-order valence-corrected chi connectivity index (χ4v) is 2.07. The molecule has 0 unspecified atom stereocenters. The van der Waals surface area contributed by atoms with Gasteiger partial charge in [0.05, 0.1) is 11.3 Å². The van der Waals surface area contributed by atoms with Gasteiger partial charge in [-0.25, -0.2) is 4.39 Å². The number of nitrogens with zero attached hydrogens (tertiary/aromatic N) is 1. The maximum absolute atomic E-state index is 13.9. The Morgan fingerprint density at radius 1 is 1.37 bits per heavy atom. The summed E-state index contributed by atoms with van der Waals surface area (Å²) in [6, 6.07) is 2.69. The summed E-state index contributed by atoms with van der Waals surface area (Å²) < 4.78 is 13.9. The van der Waals surface area contributed by atoms with Gasteiger partial charge in [0.1, 0.15) is 12.4 Å². The molecule has 0 atom stereocenters. The number of halogens is 1. The summed E-state index contributed by atoms with van der Waals surface area (Å²) in [5.41, 5.74) is 0.468. The topological polar surface area (TPSA) is 66.5 Å². The largest absolute Gasteiger partial charge is 0.355 e. The highest BCUT2D eigenvalue weighted by atomic mass is 19.1. The molecule has 1 aromatic carbocycles. The predicted octanol–water partition coefficient (Wildman–Crippen LogP) is 0.800. The van der Waals surface area contributed by atoms with Crippen molar-refractivity contribution in [2.75, 3.05) is 18.0 Å². The summed E-state index contributed by atoms with van der Waals surface area (Å²) in [5, 5.41) is 2.50. The van der Waals surface area contributed by atoms with Crippen LogP contribution in [0.4, 0.5) is 10.1 Å². The van der Waals surface area contributed by atoms with Crippen LogP contribution in [0.25, 0.3) is 0 Å². The Hall–Kier alpha value is -2.24. The van der Waals surface area contributed by atoms with E-state index in [1.807, 2.05) is 0 Å². The van der Waals surface area contributed by atoms with Gasteiger partial charge in [0.15, 0.2) is 0 Å². The van der Waals surface area contributed by atoms with Gasteiger partial charge in [-0.05, 0) is 31.5 Å². The number of likely N-dealkylation sites (N-methyl/N-ethyl adjacent to an activating group) is 1. The highest BCUT2D eigenvalue weighted by molar-refractivity contribution is 6.52. The monoisotopic (exact) mass is 264 g/mol. The number of hydrogen-bond donors (Lipinski definition) is 1. The standard InChI is InChI=1S/C13H13FN2O3/c1-3-15-10(17)6-16-11-8(12(18)13(16)19)4-7(2)5-9(11)14/h4-5H,3,6H2,1-2H3,(H,15,17). The molecule has 0 aromatic heterocycles. The van der Waals surface area contributed by atoms with Crippen molar-refractivity contribution in [3.63, 3.8) is 0 Å². The summed E-state index contributed by atoms with van der Waals surface area (Å²) in [6.07, 6.45) is 0. The lowest BCUT2D eigenvalue weighted by Gasteiger charge is -2.16. The lowest BCUT2D eigenvalue weighted by molar-refractivity contribution is -0.122. The molecular weight excluding hydrogens is 251 g/mol. The molecule has 0 saturated carbocycles. The highest BCUT2D eigenvalue weighted by Crippen LogP contribution is 2.32. The predicted molar refractivity (Wildman–Crippen MR) is 66.5 cm³/mol. The first kappa shape index (κ1) is 13.2. The van der Waals surface area contributed by atoms with Gasteiger partial charge in [-0.15, -0.1) is 0 Å². The van der Waals surface area contributed by atoms with Crippen LogP contribution in [0.2, 0.25) is 0 Å². The van der Waals surface area contributed by atoms with Crippen molar-refractivity contribution in [1.82, 2.24) is 5.32 Å². The van der Waals surface area contributed by atoms with Crippen molar-refractivity contribution in [2.45, 2.75) is 13.8 Å². The van der Waals surface area contributed by atoms with Crippen molar-refractivity contribution in [1.29, 1.82) is 0 Å². The summed E-state index contributed by atoms with van der Waals surface area (Å²) in [4.78, 5) is 35.9. The zero-order valence-corrected chi connectivity index (χ0v) is 10.6. The van der Waals surface area contributed by atoms with Crippen LogP contribution in [0, 0.1) is 12.7 Å². The van der Waals surface area contributed by atoms with Crippen LogP contribution in [0.5, 0.6) is 0 Å². The second kappa shape index (κ2) is 4.79. The molecule has 100 valence electrons. The number of carbonyl (C=O) groups is 3. The molecule has 5 nitrogen and oxygen atoms in total. The van der Waals surface area contributed by atoms with Gasteiger partial charge in [0.25, 0.3) is 11.7 Å². The van der Waals surface area contributed by atoms with Gasteiger partial charge in [-0.2, -0.15) is 0 Å². The van der Waals surface area contributed by atoms with Crippen LogP contribution >= 0.6 is 0 Å². The Morgan fingerprint density at radius 2 is 2.05 bits per heavy atom. The SMILES string of the molecule is CCNC(=O)CN1C(=O)C(=O)c2cc(C)cc(F)c21.